The quantitative estimate of drug-likeness (QED) is 0.544. The molecule has 0 radical (unpaired) electrons. The third-order valence-corrected chi connectivity index (χ3v) is 2.34. The lowest BCUT2D eigenvalue weighted by Crippen LogP contribution is -2.11. The second kappa shape index (κ2) is 4.49. The van der Waals surface area contributed by atoms with Crippen LogP contribution < -0.4 is 0 Å². The second-order valence-electron chi connectivity index (χ2n) is 4.86. The highest BCUT2D eigenvalue weighted by Crippen LogP contribution is 2.38. The number of phenolic OH excluding ortho intramolecular Hbond substituents is 2. The zero-order valence-electron chi connectivity index (χ0n) is 10.1. The summed E-state index contributed by atoms with van der Waals surface area (Å²) in [6, 6.07) is 2.98. The Balaban J connectivity index is 3.29. The molecule has 0 aliphatic rings. The highest BCUT2D eigenvalue weighted by atomic mass is 16.4. The van der Waals surface area contributed by atoms with E-state index in [0.717, 1.165) is 6.08 Å². The molecule has 3 N–H and O–H groups in total. The SMILES string of the molecule is CC(C)(C)c1cc(/C=C/C(=O)O)cc(O)c1O. The van der Waals surface area contributed by atoms with Crippen LogP contribution in [0.1, 0.15) is 31.9 Å². The van der Waals surface area contributed by atoms with E-state index in [0.29, 0.717) is 11.1 Å². The molecular formula is C13H16O4. The number of carboxylic acids is 1. The maximum atomic E-state index is 10.4. The third kappa shape index (κ3) is 3.24. The zero-order chi connectivity index (χ0) is 13.2. The molecule has 0 bridgehead atoms. The summed E-state index contributed by atoms with van der Waals surface area (Å²) >= 11 is 0. The van der Waals surface area contributed by atoms with Crippen LogP contribution >= 0.6 is 0 Å². The van der Waals surface area contributed by atoms with E-state index < -0.39 is 5.97 Å². The molecular weight excluding hydrogens is 220 g/mol. The lowest BCUT2D eigenvalue weighted by Gasteiger charge is -2.21. The molecule has 0 saturated heterocycles. The van der Waals surface area contributed by atoms with Crippen LogP contribution in [0, 0.1) is 0 Å². The number of aromatic hydroxyl groups is 2. The fourth-order valence-electron chi connectivity index (χ4n) is 1.48. The fraction of sp³-hybridized carbons (Fsp3) is 0.308. The molecule has 92 valence electrons. The van der Waals surface area contributed by atoms with Crippen molar-refractivity contribution in [3.8, 4) is 11.5 Å². The molecule has 0 aromatic heterocycles. The van der Waals surface area contributed by atoms with E-state index in [1.54, 1.807) is 6.07 Å². The molecule has 0 unspecified atom stereocenters. The lowest BCUT2D eigenvalue weighted by atomic mass is 9.85. The highest BCUT2D eigenvalue weighted by Gasteiger charge is 2.20. The van der Waals surface area contributed by atoms with Gasteiger partial charge < -0.3 is 15.3 Å². The van der Waals surface area contributed by atoms with E-state index in [4.69, 9.17) is 5.11 Å². The predicted octanol–water partition coefficient (Wildman–Crippen LogP) is 2.49. The van der Waals surface area contributed by atoms with Crippen molar-refractivity contribution in [3.05, 3.63) is 29.3 Å². The van der Waals surface area contributed by atoms with Gasteiger partial charge in [0.25, 0.3) is 0 Å². The average Bonchev–Trinajstić information content (AvgIpc) is 2.17. The molecule has 0 heterocycles. The van der Waals surface area contributed by atoms with Crippen LogP contribution in [0.5, 0.6) is 11.5 Å². The Bertz CT molecular complexity index is 467. The summed E-state index contributed by atoms with van der Waals surface area (Å²) in [5.74, 6) is -1.47. The van der Waals surface area contributed by atoms with Crippen molar-refractivity contribution in [3.63, 3.8) is 0 Å². The van der Waals surface area contributed by atoms with Gasteiger partial charge in [0.15, 0.2) is 11.5 Å². The first kappa shape index (κ1) is 13.1. The highest BCUT2D eigenvalue weighted by molar-refractivity contribution is 5.85. The van der Waals surface area contributed by atoms with E-state index in [1.807, 2.05) is 20.8 Å². The van der Waals surface area contributed by atoms with Gasteiger partial charge in [-0.05, 0) is 29.2 Å². The predicted molar refractivity (Wildman–Crippen MR) is 65.1 cm³/mol. The van der Waals surface area contributed by atoms with Gasteiger partial charge in [0.1, 0.15) is 0 Å². The average molecular weight is 236 g/mol. The molecule has 17 heavy (non-hydrogen) atoms. The molecule has 4 heteroatoms. The largest absolute Gasteiger partial charge is 0.504 e. The van der Waals surface area contributed by atoms with Gasteiger partial charge in [-0.2, -0.15) is 0 Å². The van der Waals surface area contributed by atoms with Gasteiger partial charge in [0, 0.05) is 11.6 Å². The van der Waals surface area contributed by atoms with E-state index in [-0.39, 0.29) is 16.9 Å². The molecule has 0 spiro atoms. The minimum Gasteiger partial charge on any atom is -0.504 e. The smallest absolute Gasteiger partial charge is 0.328 e. The Morgan fingerprint density at radius 2 is 1.82 bits per heavy atom. The molecule has 0 amide bonds. The minimum absolute atomic E-state index is 0.162. The van der Waals surface area contributed by atoms with Gasteiger partial charge in [-0.1, -0.05) is 20.8 Å². The molecule has 1 aromatic rings. The molecule has 0 aliphatic heterocycles. The molecule has 1 rings (SSSR count). The molecule has 0 atom stereocenters. The summed E-state index contributed by atoms with van der Waals surface area (Å²) in [7, 11) is 0. The molecule has 1 aromatic carbocycles. The topological polar surface area (TPSA) is 77.8 Å². The monoisotopic (exact) mass is 236 g/mol. The Morgan fingerprint density at radius 1 is 1.24 bits per heavy atom. The number of hydrogen-bond donors (Lipinski definition) is 3. The van der Waals surface area contributed by atoms with Crippen LogP contribution in [0.25, 0.3) is 6.08 Å². The first-order valence-electron chi connectivity index (χ1n) is 5.19. The van der Waals surface area contributed by atoms with Gasteiger partial charge >= 0.3 is 5.97 Å². The van der Waals surface area contributed by atoms with Crippen molar-refractivity contribution in [2.45, 2.75) is 26.2 Å². The Morgan fingerprint density at radius 3 is 2.29 bits per heavy atom. The molecule has 0 fully saturated rings. The number of phenols is 2. The van der Waals surface area contributed by atoms with Crippen LogP contribution in [0.4, 0.5) is 0 Å². The number of benzene rings is 1. The first-order chi connectivity index (χ1) is 7.71. The van der Waals surface area contributed by atoms with E-state index in [1.165, 1.54) is 12.1 Å². The molecule has 4 nitrogen and oxygen atoms in total. The maximum absolute atomic E-state index is 10.4. The van der Waals surface area contributed by atoms with Crippen molar-refractivity contribution in [1.82, 2.24) is 0 Å². The van der Waals surface area contributed by atoms with Crippen molar-refractivity contribution in [2.24, 2.45) is 0 Å². The second-order valence-corrected chi connectivity index (χ2v) is 4.86. The molecule has 0 saturated carbocycles. The fourth-order valence-corrected chi connectivity index (χ4v) is 1.48. The first-order valence-corrected chi connectivity index (χ1v) is 5.19. The Labute approximate surface area is 99.8 Å². The Kier molecular flexibility index (Phi) is 3.46. The minimum atomic E-state index is -1.06. The van der Waals surface area contributed by atoms with Gasteiger partial charge in [-0.3, -0.25) is 0 Å². The van der Waals surface area contributed by atoms with Gasteiger partial charge in [-0.25, -0.2) is 4.79 Å². The van der Waals surface area contributed by atoms with Crippen LogP contribution in [0.2, 0.25) is 0 Å². The van der Waals surface area contributed by atoms with Crippen LogP contribution in [-0.4, -0.2) is 21.3 Å². The van der Waals surface area contributed by atoms with Crippen molar-refractivity contribution in [1.29, 1.82) is 0 Å². The van der Waals surface area contributed by atoms with Gasteiger partial charge in [0.2, 0.25) is 0 Å². The lowest BCUT2D eigenvalue weighted by molar-refractivity contribution is -0.131. The number of carboxylic acid groups (broad SMARTS) is 1. The summed E-state index contributed by atoms with van der Waals surface area (Å²) in [5.41, 5.74) is 0.768. The molecule has 0 aliphatic carbocycles. The summed E-state index contributed by atoms with van der Waals surface area (Å²) in [4.78, 5) is 10.4. The standard InChI is InChI=1S/C13H16O4/c1-13(2,3)9-6-8(4-5-11(15)16)7-10(14)12(9)17/h4-7,14,17H,1-3H3,(H,15,16)/b5-4+. The van der Waals surface area contributed by atoms with E-state index >= 15 is 0 Å². The number of hydrogen-bond acceptors (Lipinski definition) is 3. The summed E-state index contributed by atoms with van der Waals surface area (Å²) in [5, 5.41) is 27.9. The van der Waals surface area contributed by atoms with Crippen molar-refractivity contribution in [2.75, 3.05) is 0 Å². The summed E-state index contributed by atoms with van der Waals surface area (Å²) in [6.45, 7) is 5.69. The van der Waals surface area contributed by atoms with Crippen LogP contribution in [0.3, 0.4) is 0 Å². The normalized spacial score (nSPS) is 11.9. The van der Waals surface area contributed by atoms with E-state index in [9.17, 15) is 15.0 Å². The van der Waals surface area contributed by atoms with Gasteiger partial charge in [0.05, 0.1) is 0 Å². The van der Waals surface area contributed by atoms with Gasteiger partial charge in [-0.15, -0.1) is 0 Å². The summed E-state index contributed by atoms with van der Waals surface area (Å²) < 4.78 is 0. The van der Waals surface area contributed by atoms with Crippen LogP contribution in [-0.2, 0) is 10.2 Å². The van der Waals surface area contributed by atoms with Crippen LogP contribution in [0.15, 0.2) is 18.2 Å². The van der Waals surface area contributed by atoms with Crippen molar-refractivity contribution >= 4 is 12.0 Å². The van der Waals surface area contributed by atoms with E-state index in [2.05, 4.69) is 0 Å². The number of aliphatic carboxylic acids is 1. The summed E-state index contributed by atoms with van der Waals surface area (Å²) in [6.07, 6.45) is 2.36. The van der Waals surface area contributed by atoms with Crippen molar-refractivity contribution < 1.29 is 20.1 Å². The third-order valence-electron chi connectivity index (χ3n) is 2.34. The number of rotatable bonds is 2. The zero-order valence-corrected chi connectivity index (χ0v) is 10.1. The maximum Gasteiger partial charge on any atom is 0.328 e. The number of carbonyl (C=O) groups is 1. The Hall–Kier alpha value is -1.97.